The maximum Gasteiger partial charge on any atom is 0.319 e. The fourth-order valence-corrected chi connectivity index (χ4v) is 3.88. The van der Waals surface area contributed by atoms with Crippen LogP contribution in [0.4, 0.5) is 10.5 Å². The first kappa shape index (κ1) is 17.4. The number of rotatable bonds is 6. The number of benzene rings is 2. The summed E-state index contributed by atoms with van der Waals surface area (Å²) in [5.41, 5.74) is 1.54. The number of sulfonamides is 1. The van der Waals surface area contributed by atoms with E-state index in [-0.39, 0.29) is 17.0 Å². The fourth-order valence-electron chi connectivity index (χ4n) is 2.46. The van der Waals surface area contributed by atoms with Crippen LogP contribution in [0.5, 0.6) is 0 Å². The van der Waals surface area contributed by atoms with E-state index in [2.05, 4.69) is 10.6 Å². The Balaban J connectivity index is 1.58. The second kappa shape index (κ2) is 7.25. The Morgan fingerprint density at radius 1 is 1.08 bits per heavy atom. The summed E-state index contributed by atoms with van der Waals surface area (Å²) < 4.78 is 26.3. The summed E-state index contributed by atoms with van der Waals surface area (Å²) in [5, 5.41) is 5.45. The first-order chi connectivity index (χ1) is 12.0. The van der Waals surface area contributed by atoms with Gasteiger partial charge < -0.3 is 10.6 Å². The van der Waals surface area contributed by atoms with Crippen LogP contribution >= 0.6 is 0 Å². The predicted molar refractivity (Wildman–Crippen MR) is 96.7 cm³/mol. The van der Waals surface area contributed by atoms with Crippen LogP contribution in [-0.2, 0) is 16.6 Å². The van der Waals surface area contributed by atoms with E-state index in [1.54, 1.807) is 19.2 Å². The molecule has 0 bridgehead atoms. The highest BCUT2D eigenvalue weighted by Gasteiger charge is 2.34. The van der Waals surface area contributed by atoms with Crippen molar-refractivity contribution in [3.8, 4) is 0 Å². The van der Waals surface area contributed by atoms with Gasteiger partial charge >= 0.3 is 6.03 Å². The highest BCUT2D eigenvalue weighted by Crippen LogP contribution is 2.30. The van der Waals surface area contributed by atoms with Gasteiger partial charge in [0, 0.05) is 25.3 Å². The Bertz CT molecular complexity index is 832. The Hall–Kier alpha value is -2.38. The Morgan fingerprint density at radius 3 is 2.32 bits per heavy atom. The minimum absolute atomic E-state index is 0.117. The van der Waals surface area contributed by atoms with Gasteiger partial charge in [0.1, 0.15) is 0 Å². The average molecular weight is 359 g/mol. The summed E-state index contributed by atoms with van der Waals surface area (Å²) in [6, 6.07) is 15.6. The van der Waals surface area contributed by atoms with Crippen LogP contribution in [0.1, 0.15) is 18.4 Å². The Kier molecular flexibility index (Phi) is 5.06. The summed E-state index contributed by atoms with van der Waals surface area (Å²) in [6.07, 6.45) is 1.83. The van der Waals surface area contributed by atoms with Crippen LogP contribution in [0.15, 0.2) is 59.5 Å². The molecule has 1 aliphatic carbocycles. The Morgan fingerprint density at radius 2 is 1.72 bits per heavy atom. The van der Waals surface area contributed by atoms with Crippen LogP contribution in [0.2, 0.25) is 0 Å². The highest BCUT2D eigenvalue weighted by atomic mass is 32.2. The van der Waals surface area contributed by atoms with Gasteiger partial charge in [0.2, 0.25) is 10.0 Å². The molecule has 7 heteroatoms. The van der Waals surface area contributed by atoms with Crippen molar-refractivity contribution in [3.05, 3.63) is 60.2 Å². The number of amides is 2. The van der Waals surface area contributed by atoms with E-state index in [1.165, 1.54) is 16.4 Å². The standard InChI is InChI=1S/C18H21N3O3S/c1-21(16-9-10-16)25(23,24)17-11-7-15(8-12-17)20-18(22)19-13-14-5-3-2-4-6-14/h2-8,11-12,16H,9-10,13H2,1H3,(H2,19,20,22). The van der Waals surface area contributed by atoms with Crippen LogP contribution in [-0.4, -0.2) is 31.8 Å². The molecule has 2 amide bonds. The smallest absolute Gasteiger partial charge is 0.319 e. The van der Waals surface area contributed by atoms with E-state index in [4.69, 9.17) is 0 Å². The molecule has 0 spiro atoms. The number of carbonyl (C=O) groups excluding carboxylic acids is 1. The molecule has 1 fully saturated rings. The zero-order chi connectivity index (χ0) is 17.9. The molecule has 2 aromatic rings. The van der Waals surface area contributed by atoms with E-state index in [0.717, 1.165) is 18.4 Å². The molecule has 0 aliphatic heterocycles. The third-order valence-electron chi connectivity index (χ3n) is 4.15. The SMILES string of the molecule is CN(C1CC1)S(=O)(=O)c1ccc(NC(=O)NCc2ccccc2)cc1. The summed E-state index contributed by atoms with van der Waals surface area (Å²) in [4.78, 5) is 12.2. The molecular weight excluding hydrogens is 338 g/mol. The number of nitrogens with zero attached hydrogens (tertiary/aromatic N) is 1. The molecular formula is C18H21N3O3S. The van der Waals surface area contributed by atoms with Gasteiger partial charge in [-0.2, -0.15) is 4.31 Å². The third-order valence-corrected chi connectivity index (χ3v) is 6.07. The maximum absolute atomic E-state index is 12.4. The van der Waals surface area contributed by atoms with Crippen molar-refractivity contribution in [2.24, 2.45) is 0 Å². The van der Waals surface area contributed by atoms with Crippen LogP contribution in [0, 0.1) is 0 Å². The van der Waals surface area contributed by atoms with E-state index >= 15 is 0 Å². The second-order valence-corrected chi connectivity index (χ2v) is 8.07. The van der Waals surface area contributed by atoms with E-state index in [0.29, 0.717) is 12.2 Å². The number of anilines is 1. The fraction of sp³-hybridized carbons (Fsp3) is 0.278. The monoisotopic (exact) mass is 359 g/mol. The van der Waals surface area contributed by atoms with Gasteiger partial charge in [-0.05, 0) is 42.7 Å². The zero-order valence-electron chi connectivity index (χ0n) is 14.0. The van der Waals surface area contributed by atoms with Gasteiger partial charge in [-0.15, -0.1) is 0 Å². The molecule has 2 aromatic carbocycles. The zero-order valence-corrected chi connectivity index (χ0v) is 14.8. The lowest BCUT2D eigenvalue weighted by atomic mass is 10.2. The predicted octanol–water partition coefficient (Wildman–Crippen LogP) is 2.79. The molecule has 0 aromatic heterocycles. The normalized spacial score (nSPS) is 14.3. The van der Waals surface area contributed by atoms with Gasteiger partial charge in [0.15, 0.2) is 0 Å². The summed E-state index contributed by atoms with van der Waals surface area (Å²) in [6.45, 7) is 0.422. The number of hydrogen-bond acceptors (Lipinski definition) is 3. The third kappa shape index (κ3) is 4.37. The summed E-state index contributed by atoms with van der Waals surface area (Å²) in [5.74, 6) is 0. The largest absolute Gasteiger partial charge is 0.334 e. The molecule has 0 heterocycles. The van der Waals surface area contributed by atoms with Crippen molar-refractivity contribution in [3.63, 3.8) is 0 Å². The topological polar surface area (TPSA) is 78.5 Å². The lowest BCUT2D eigenvalue weighted by Crippen LogP contribution is -2.29. The Labute approximate surface area is 147 Å². The highest BCUT2D eigenvalue weighted by molar-refractivity contribution is 7.89. The molecule has 25 heavy (non-hydrogen) atoms. The molecule has 0 unspecified atom stereocenters. The van der Waals surface area contributed by atoms with Gasteiger partial charge in [-0.1, -0.05) is 30.3 Å². The van der Waals surface area contributed by atoms with Gasteiger partial charge in [-0.3, -0.25) is 0 Å². The van der Waals surface area contributed by atoms with Gasteiger partial charge in [-0.25, -0.2) is 13.2 Å². The van der Waals surface area contributed by atoms with Crippen molar-refractivity contribution >= 4 is 21.7 Å². The lowest BCUT2D eigenvalue weighted by Gasteiger charge is -2.16. The first-order valence-electron chi connectivity index (χ1n) is 8.14. The number of carbonyl (C=O) groups is 1. The van der Waals surface area contributed by atoms with Crippen molar-refractivity contribution in [1.82, 2.24) is 9.62 Å². The minimum Gasteiger partial charge on any atom is -0.334 e. The van der Waals surface area contributed by atoms with Crippen molar-refractivity contribution in [1.29, 1.82) is 0 Å². The minimum atomic E-state index is -3.46. The molecule has 0 atom stereocenters. The van der Waals surface area contributed by atoms with Crippen molar-refractivity contribution in [2.75, 3.05) is 12.4 Å². The average Bonchev–Trinajstić information content (AvgIpc) is 3.46. The lowest BCUT2D eigenvalue weighted by molar-refractivity contribution is 0.251. The molecule has 2 N–H and O–H groups in total. The molecule has 1 saturated carbocycles. The van der Waals surface area contributed by atoms with E-state index in [1.807, 2.05) is 30.3 Å². The summed E-state index contributed by atoms with van der Waals surface area (Å²) in [7, 11) is -1.85. The first-order valence-corrected chi connectivity index (χ1v) is 9.58. The molecule has 3 rings (SSSR count). The van der Waals surface area contributed by atoms with Gasteiger partial charge in [0.05, 0.1) is 4.90 Å². The quantitative estimate of drug-likeness (QED) is 0.832. The van der Waals surface area contributed by atoms with E-state index in [9.17, 15) is 13.2 Å². The van der Waals surface area contributed by atoms with Crippen molar-refractivity contribution in [2.45, 2.75) is 30.3 Å². The molecule has 1 aliphatic rings. The van der Waals surface area contributed by atoms with Crippen LogP contribution < -0.4 is 10.6 Å². The van der Waals surface area contributed by atoms with Crippen molar-refractivity contribution < 1.29 is 13.2 Å². The van der Waals surface area contributed by atoms with E-state index < -0.39 is 10.0 Å². The van der Waals surface area contributed by atoms with Crippen LogP contribution in [0.3, 0.4) is 0 Å². The van der Waals surface area contributed by atoms with Crippen LogP contribution in [0.25, 0.3) is 0 Å². The number of urea groups is 1. The molecule has 132 valence electrons. The van der Waals surface area contributed by atoms with Gasteiger partial charge in [0.25, 0.3) is 0 Å². The molecule has 0 saturated heterocycles. The number of nitrogens with one attached hydrogen (secondary N) is 2. The number of hydrogen-bond donors (Lipinski definition) is 2. The maximum atomic E-state index is 12.4. The molecule has 6 nitrogen and oxygen atoms in total. The summed E-state index contributed by atoms with van der Waals surface area (Å²) >= 11 is 0. The molecule has 0 radical (unpaired) electrons. The second-order valence-electron chi connectivity index (χ2n) is 6.07.